The molecule has 0 radical (unpaired) electrons. The molecule has 0 aliphatic heterocycles. The molecule has 6 nitrogen and oxygen atoms in total. The van der Waals surface area contributed by atoms with Crippen molar-refractivity contribution in [2.75, 3.05) is 0 Å². The van der Waals surface area contributed by atoms with Gasteiger partial charge in [-0.05, 0) is 27.7 Å². The highest BCUT2D eigenvalue weighted by atomic mass is 32.2. The number of rotatable bonds is 5. The summed E-state index contributed by atoms with van der Waals surface area (Å²) in [6.07, 6.45) is 0. The van der Waals surface area contributed by atoms with Gasteiger partial charge in [0.2, 0.25) is 10.0 Å². The summed E-state index contributed by atoms with van der Waals surface area (Å²) in [7, 11) is -3.66. The summed E-state index contributed by atoms with van der Waals surface area (Å²) in [5.74, 6) is 0.790. The summed E-state index contributed by atoms with van der Waals surface area (Å²) in [5.41, 5.74) is 6.32. The molecule has 2 aromatic rings. The summed E-state index contributed by atoms with van der Waals surface area (Å²) in [6, 6.07) is 1.12. The lowest BCUT2D eigenvalue weighted by molar-refractivity contribution is 0.478. The van der Waals surface area contributed by atoms with Crippen molar-refractivity contribution < 1.29 is 12.8 Å². The average Bonchev–Trinajstić information content (AvgIpc) is 2.91. The number of nitrogens with zero attached hydrogens (tertiary/aromatic N) is 1. The van der Waals surface area contributed by atoms with Crippen LogP contribution < -0.4 is 10.5 Å². The van der Waals surface area contributed by atoms with Crippen molar-refractivity contribution in [1.82, 2.24) is 9.71 Å². The van der Waals surface area contributed by atoms with E-state index in [1.54, 1.807) is 13.8 Å². The van der Waals surface area contributed by atoms with Gasteiger partial charge in [-0.3, -0.25) is 0 Å². The Kier molecular flexibility index (Phi) is 4.52. The number of nitrogens with one attached hydrogen (secondary N) is 1. The molecule has 0 aromatic carbocycles. The predicted octanol–water partition coefficient (Wildman–Crippen LogP) is 2.16. The van der Waals surface area contributed by atoms with E-state index in [-0.39, 0.29) is 17.5 Å². The molecule has 2 aromatic heterocycles. The van der Waals surface area contributed by atoms with Gasteiger partial charge in [-0.15, -0.1) is 11.3 Å². The minimum absolute atomic E-state index is 0.133. The molecule has 0 saturated heterocycles. The molecule has 8 heteroatoms. The molecule has 0 aliphatic rings. The molecule has 1 atom stereocenters. The molecule has 0 spiro atoms. The molecular weight excluding hydrogens is 310 g/mol. The van der Waals surface area contributed by atoms with Gasteiger partial charge in [0.1, 0.15) is 16.4 Å². The van der Waals surface area contributed by atoms with Crippen LogP contribution in [0.2, 0.25) is 0 Å². The zero-order valence-electron chi connectivity index (χ0n) is 12.4. The van der Waals surface area contributed by atoms with Crippen LogP contribution in [0.4, 0.5) is 0 Å². The van der Waals surface area contributed by atoms with E-state index in [1.165, 1.54) is 17.4 Å². The Morgan fingerprint density at radius 2 is 2.10 bits per heavy atom. The van der Waals surface area contributed by atoms with Crippen LogP contribution in [-0.2, 0) is 16.6 Å². The molecule has 0 saturated carbocycles. The van der Waals surface area contributed by atoms with E-state index >= 15 is 0 Å². The van der Waals surface area contributed by atoms with Gasteiger partial charge in [-0.25, -0.2) is 18.1 Å². The van der Waals surface area contributed by atoms with Crippen LogP contribution in [0.15, 0.2) is 15.4 Å². The Bertz CT molecular complexity index is 747. The van der Waals surface area contributed by atoms with Crippen LogP contribution in [-0.4, -0.2) is 13.4 Å². The molecule has 2 rings (SSSR count). The van der Waals surface area contributed by atoms with Crippen molar-refractivity contribution in [2.45, 2.75) is 45.2 Å². The summed E-state index contributed by atoms with van der Waals surface area (Å²) < 4.78 is 32.9. The Morgan fingerprint density at radius 3 is 2.57 bits per heavy atom. The van der Waals surface area contributed by atoms with Crippen LogP contribution in [0.3, 0.4) is 0 Å². The smallest absolute Gasteiger partial charge is 0.244 e. The monoisotopic (exact) mass is 329 g/mol. The van der Waals surface area contributed by atoms with E-state index in [1.807, 2.05) is 13.8 Å². The van der Waals surface area contributed by atoms with Crippen LogP contribution in [0, 0.1) is 20.8 Å². The van der Waals surface area contributed by atoms with E-state index in [0.29, 0.717) is 11.5 Å². The molecule has 116 valence electrons. The van der Waals surface area contributed by atoms with E-state index in [9.17, 15) is 8.42 Å². The van der Waals surface area contributed by atoms with E-state index in [2.05, 4.69) is 9.71 Å². The third-order valence-corrected chi connectivity index (χ3v) is 5.98. The molecular formula is C13H19N3O3S2. The first-order valence-corrected chi connectivity index (χ1v) is 8.80. The highest BCUT2D eigenvalue weighted by molar-refractivity contribution is 7.89. The maximum atomic E-state index is 12.5. The van der Waals surface area contributed by atoms with Gasteiger partial charge in [0.15, 0.2) is 0 Å². The van der Waals surface area contributed by atoms with Crippen LogP contribution in [0.1, 0.15) is 40.1 Å². The summed E-state index contributed by atoms with van der Waals surface area (Å²) in [4.78, 5) is 5.36. The van der Waals surface area contributed by atoms with E-state index < -0.39 is 10.0 Å². The Morgan fingerprint density at radius 1 is 1.43 bits per heavy atom. The SMILES string of the molecule is Cc1nc(C)c(C(C)NS(=O)(=O)c2cc(CN)oc2C)s1. The van der Waals surface area contributed by atoms with E-state index in [4.69, 9.17) is 10.2 Å². The highest BCUT2D eigenvalue weighted by Crippen LogP contribution is 2.27. The summed E-state index contributed by atoms with van der Waals surface area (Å²) in [5, 5.41) is 0.915. The summed E-state index contributed by atoms with van der Waals surface area (Å²) >= 11 is 1.49. The van der Waals surface area contributed by atoms with Gasteiger partial charge in [-0.1, -0.05) is 0 Å². The third-order valence-electron chi connectivity index (χ3n) is 3.08. The van der Waals surface area contributed by atoms with Gasteiger partial charge in [0.05, 0.1) is 23.3 Å². The first-order chi connectivity index (χ1) is 9.74. The highest BCUT2D eigenvalue weighted by Gasteiger charge is 2.25. The molecule has 0 bridgehead atoms. The van der Waals surface area contributed by atoms with Crippen molar-refractivity contribution in [1.29, 1.82) is 0 Å². The third kappa shape index (κ3) is 3.34. The number of hydrogen-bond donors (Lipinski definition) is 2. The molecule has 21 heavy (non-hydrogen) atoms. The second-order valence-corrected chi connectivity index (χ2v) is 7.78. The van der Waals surface area contributed by atoms with Crippen molar-refractivity contribution in [3.8, 4) is 0 Å². The molecule has 2 heterocycles. The number of aromatic nitrogens is 1. The molecule has 1 unspecified atom stereocenters. The second-order valence-electron chi connectivity index (χ2n) is 4.86. The number of aryl methyl sites for hydroxylation is 3. The first kappa shape index (κ1) is 16.2. The summed E-state index contributed by atoms with van der Waals surface area (Å²) in [6.45, 7) is 7.35. The lowest BCUT2D eigenvalue weighted by Gasteiger charge is -2.12. The average molecular weight is 329 g/mol. The number of furan rings is 1. The fraction of sp³-hybridized carbons (Fsp3) is 0.462. The van der Waals surface area contributed by atoms with Gasteiger partial charge in [0, 0.05) is 10.9 Å². The number of nitrogens with two attached hydrogens (primary N) is 1. The number of thiazole rings is 1. The van der Waals surface area contributed by atoms with Crippen molar-refractivity contribution in [2.24, 2.45) is 5.73 Å². The molecule has 0 amide bonds. The minimum Gasteiger partial charge on any atom is -0.464 e. The molecule has 0 fully saturated rings. The number of sulfonamides is 1. The minimum atomic E-state index is -3.66. The normalized spacial score (nSPS) is 13.6. The largest absolute Gasteiger partial charge is 0.464 e. The van der Waals surface area contributed by atoms with Crippen molar-refractivity contribution in [3.05, 3.63) is 33.2 Å². The zero-order valence-corrected chi connectivity index (χ0v) is 14.1. The van der Waals surface area contributed by atoms with Gasteiger partial charge in [-0.2, -0.15) is 0 Å². The second kappa shape index (κ2) is 5.88. The van der Waals surface area contributed by atoms with Crippen molar-refractivity contribution in [3.63, 3.8) is 0 Å². The lowest BCUT2D eigenvalue weighted by Crippen LogP contribution is -2.27. The maximum absolute atomic E-state index is 12.5. The Balaban J connectivity index is 2.28. The molecule has 0 aliphatic carbocycles. The quantitative estimate of drug-likeness (QED) is 0.876. The fourth-order valence-corrected chi connectivity index (χ4v) is 4.61. The molecule has 3 N–H and O–H groups in total. The van der Waals surface area contributed by atoms with Crippen LogP contribution >= 0.6 is 11.3 Å². The van der Waals surface area contributed by atoms with Gasteiger partial charge in [0.25, 0.3) is 0 Å². The topological polar surface area (TPSA) is 98.2 Å². The fourth-order valence-electron chi connectivity index (χ4n) is 2.19. The first-order valence-electron chi connectivity index (χ1n) is 6.50. The van der Waals surface area contributed by atoms with Crippen molar-refractivity contribution >= 4 is 21.4 Å². The number of hydrogen-bond acceptors (Lipinski definition) is 6. The van der Waals surface area contributed by atoms with Crippen LogP contribution in [0.5, 0.6) is 0 Å². The van der Waals surface area contributed by atoms with Gasteiger partial charge >= 0.3 is 0 Å². The predicted molar refractivity (Wildman–Crippen MR) is 81.7 cm³/mol. The standard InChI is InChI=1S/C13H19N3O3S2/c1-7-13(20-10(4)15-7)8(2)16-21(17,18)12-5-11(6-14)19-9(12)3/h5,8,16H,6,14H2,1-4H3. The Hall–Kier alpha value is -1.22. The zero-order chi connectivity index (χ0) is 15.8. The lowest BCUT2D eigenvalue weighted by atomic mass is 10.2. The van der Waals surface area contributed by atoms with E-state index in [0.717, 1.165) is 15.6 Å². The Labute approximate surface area is 128 Å². The maximum Gasteiger partial charge on any atom is 0.244 e. The van der Waals surface area contributed by atoms with Gasteiger partial charge < -0.3 is 10.2 Å². The van der Waals surface area contributed by atoms with Crippen LogP contribution in [0.25, 0.3) is 0 Å².